The molecule has 0 aromatic carbocycles. The summed E-state index contributed by atoms with van der Waals surface area (Å²) in [7, 11) is 0. The summed E-state index contributed by atoms with van der Waals surface area (Å²) in [5.74, 6) is 0.195. The first kappa shape index (κ1) is 14.5. The van der Waals surface area contributed by atoms with Crippen molar-refractivity contribution in [3.05, 3.63) is 0 Å². The molecule has 1 unspecified atom stereocenters. The standard InChI is InChI=1S/C13H26N2O2/c1-3-5-8-14(4-2)10-12(16)11-15-9-6-7-13(15)17/h12,16H,3-11H2,1-2H3. The average molecular weight is 242 g/mol. The highest BCUT2D eigenvalue weighted by Gasteiger charge is 2.23. The Labute approximate surface area is 105 Å². The minimum absolute atomic E-state index is 0.195. The number of hydrogen-bond donors (Lipinski definition) is 1. The van der Waals surface area contributed by atoms with Crippen molar-refractivity contribution < 1.29 is 9.90 Å². The van der Waals surface area contributed by atoms with Gasteiger partial charge in [0.05, 0.1) is 6.10 Å². The maximum Gasteiger partial charge on any atom is 0.222 e. The molecule has 100 valence electrons. The zero-order chi connectivity index (χ0) is 12.7. The molecule has 17 heavy (non-hydrogen) atoms. The Hall–Kier alpha value is -0.610. The number of aliphatic hydroxyl groups excluding tert-OH is 1. The zero-order valence-corrected chi connectivity index (χ0v) is 11.2. The monoisotopic (exact) mass is 242 g/mol. The van der Waals surface area contributed by atoms with Crippen LogP contribution in [-0.2, 0) is 4.79 Å². The van der Waals surface area contributed by atoms with Gasteiger partial charge in [0.25, 0.3) is 0 Å². The average Bonchev–Trinajstić information content (AvgIpc) is 2.70. The van der Waals surface area contributed by atoms with Gasteiger partial charge in [-0.2, -0.15) is 0 Å². The molecule has 0 saturated carbocycles. The Bertz CT molecular complexity index is 233. The second-order valence-electron chi connectivity index (χ2n) is 4.84. The number of amides is 1. The van der Waals surface area contributed by atoms with Crippen LogP contribution in [0.3, 0.4) is 0 Å². The van der Waals surface area contributed by atoms with Crippen molar-refractivity contribution in [3.8, 4) is 0 Å². The lowest BCUT2D eigenvalue weighted by Crippen LogP contribution is -2.41. The minimum Gasteiger partial charge on any atom is -0.390 e. The van der Waals surface area contributed by atoms with E-state index in [1.54, 1.807) is 4.90 Å². The molecule has 0 spiro atoms. The highest BCUT2D eigenvalue weighted by molar-refractivity contribution is 5.78. The van der Waals surface area contributed by atoms with Gasteiger partial charge in [-0.25, -0.2) is 0 Å². The van der Waals surface area contributed by atoms with E-state index < -0.39 is 6.10 Å². The van der Waals surface area contributed by atoms with Crippen LogP contribution in [0.1, 0.15) is 39.5 Å². The van der Waals surface area contributed by atoms with E-state index in [9.17, 15) is 9.90 Å². The van der Waals surface area contributed by atoms with Crippen LogP contribution in [0.25, 0.3) is 0 Å². The van der Waals surface area contributed by atoms with Crippen LogP contribution < -0.4 is 0 Å². The first-order valence-corrected chi connectivity index (χ1v) is 6.85. The molecule has 1 fully saturated rings. The summed E-state index contributed by atoms with van der Waals surface area (Å²) in [6.45, 7) is 8.29. The molecule has 1 heterocycles. The van der Waals surface area contributed by atoms with Crippen LogP contribution in [-0.4, -0.2) is 59.6 Å². The SMILES string of the molecule is CCCCN(CC)CC(O)CN1CCCC1=O. The van der Waals surface area contributed by atoms with E-state index in [0.29, 0.717) is 19.5 Å². The van der Waals surface area contributed by atoms with Gasteiger partial charge in [-0.15, -0.1) is 0 Å². The minimum atomic E-state index is -0.408. The molecule has 4 heteroatoms. The van der Waals surface area contributed by atoms with E-state index in [2.05, 4.69) is 18.7 Å². The molecular weight excluding hydrogens is 216 g/mol. The largest absolute Gasteiger partial charge is 0.390 e. The first-order valence-electron chi connectivity index (χ1n) is 6.85. The fraction of sp³-hybridized carbons (Fsp3) is 0.923. The summed E-state index contributed by atoms with van der Waals surface area (Å²) in [6, 6.07) is 0. The van der Waals surface area contributed by atoms with Gasteiger partial charge in [0, 0.05) is 26.1 Å². The molecule has 1 atom stereocenters. The molecule has 0 aromatic heterocycles. The normalized spacial score (nSPS) is 18.1. The molecule has 1 N–H and O–H groups in total. The Morgan fingerprint density at radius 2 is 2.24 bits per heavy atom. The van der Waals surface area contributed by atoms with E-state index in [1.165, 1.54) is 12.8 Å². The predicted molar refractivity (Wildman–Crippen MR) is 68.8 cm³/mol. The van der Waals surface area contributed by atoms with Crippen molar-refractivity contribution >= 4 is 5.91 Å². The molecule has 0 aliphatic carbocycles. The van der Waals surface area contributed by atoms with Gasteiger partial charge in [0.1, 0.15) is 0 Å². The van der Waals surface area contributed by atoms with Gasteiger partial charge < -0.3 is 14.9 Å². The van der Waals surface area contributed by atoms with Gasteiger partial charge in [-0.1, -0.05) is 20.3 Å². The number of unbranched alkanes of at least 4 members (excludes halogenated alkanes) is 1. The van der Waals surface area contributed by atoms with Crippen LogP contribution in [0.2, 0.25) is 0 Å². The molecule has 1 aliphatic heterocycles. The van der Waals surface area contributed by atoms with Gasteiger partial charge in [-0.05, 0) is 25.9 Å². The van der Waals surface area contributed by atoms with Gasteiger partial charge in [-0.3, -0.25) is 4.79 Å². The third-order valence-electron chi connectivity index (χ3n) is 3.35. The molecule has 1 aliphatic rings. The Morgan fingerprint density at radius 3 is 2.76 bits per heavy atom. The molecule has 1 amide bonds. The van der Waals surface area contributed by atoms with Crippen molar-refractivity contribution in [2.75, 3.05) is 32.7 Å². The van der Waals surface area contributed by atoms with Crippen molar-refractivity contribution in [2.45, 2.75) is 45.6 Å². The number of likely N-dealkylation sites (tertiary alicyclic amines) is 1. The number of carbonyl (C=O) groups excluding carboxylic acids is 1. The van der Waals surface area contributed by atoms with Crippen LogP contribution in [0.5, 0.6) is 0 Å². The van der Waals surface area contributed by atoms with E-state index >= 15 is 0 Å². The fourth-order valence-corrected chi connectivity index (χ4v) is 2.27. The number of β-amino-alcohol motifs (C(OH)–C–C–N with tert-alkyl or cyclic N) is 1. The van der Waals surface area contributed by atoms with Crippen molar-refractivity contribution in [1.29, 1.82) is 0 Å². The topological polar surface area (TPSA) is 43.8 Å². The van der Waals surface area contributed by atoms with Crippen molar-refractivity contribution in [3.63, 3.8) is 0 Å². The van der Waals surface area contributed by atoms with Crippen LogP contribution in [0, 0.1) is 0 Å². The zero-order valence-electron chi connectivity index (χ0n) is 11.2. The molecule has 0 bridgehead atoms. The maximum atomic E-state index is 11.4. The van der Waals surface area contributed by atoms with E-state index in [4.69, 9.17) is 0 Å². The second-order valence-corrected chi connectivity index (χ2v) is 4.84. The van der Waals surface area contributed by atoms with Crippen molar-refractivity contribution in [2.24, 2.45) is 0 Å². The Kier molecular flexibility index (Phi) is 6.52. The molecule has 1 rings (SSSR count). The van der Waals surface area contributed by atoms with Crippen LogP contribution in [0.4, 0.5) is 0 Å². The molecule has 0 aromatic rings. The molecule has 1 saturated heterocycles. The number of carbonyl (C=O) groups is 1. The van der Waals surface area contributed by atoms with E-state index in [-0.39, 0.29) is 5.91 Å². The van der Waals surface area contributed by atoms with Gasteiger partial charge in [0.2, 0.25) is 5.91 Å². The molecule has 0 radical (unpaired) electrons. The van der Waals surface area contributed by atoms with Crippen LogP contribution >= 0.6 is 0 Å². The molecular formula is C13H26N2O2. The summed E-state index contributed by atoms with van der Waals surface area (Å²) in [6.07, 6.45) is 3.54. The fourth-order valence-electron chi connectivity index (χ4n) is 2.27. The Balaban J connectivity index is 2.26. The van der Waals surface area contributed by atoms with Crippen molar-refractivity contribution in [1.82, 2.24) is 9.80 Å². The highest BCUT2D eigenvalue weighted by atomic mass is 16.3. The maximum absolute atomic E-state index is 11.4. The second kappa shape index (κ2) is 7.67. The first-order chi connectivity index (χ1) is 8.17. The number of aliphatic hydroxyl groups is 1. The lowest BCUT2D eigenvalue weighted by atomic mass is 10.2. The number of rotatable bonds is 8. The van der Waals surface area contributed by atoms with Gasteiger partial charge in [0.15, 0.2) is 0 Å². The van der Waals surface area contributed by atoms with Gasteiger partial charge >= 0.3 is 0 Å². The number of likely N-dealkylation sites (N-methyl/N-ethyl adjacent to an activating group) is 1. The smallest absolute Gasteiger partial charge is 0.222 e. The Morgan fingerprint density at radius 1 is 1.47 bits per heavy atom. The lowest BCUT2D eigenvalue weighted by Gasteiger charge is -2.26. The predicted octanol–water partition coefficient (Wildman–Crippen LogP) is 1.09. The summed E-state index contributed by atoms with van der Waals surface area (Å²) in [4.78, 5) is 15.5. The quantitative estimate of drug-likeness (QED) is 0.693. The molecule has 4 nitrogen and oxygen atoms in total. The highest BCUT2D eigenvalue weighted by Crippen LogP contribution is 2.10. The van der Waals surface area contributed by atoms with E-state index in [1.807, 2.05) is 0 Å². The third kappa shape index (κ3) is 5.04. The van der Waals surface area contributed by atoms with E-state index in [0.717, 1.165) is 26.1 Å². The third-order valence-corrected chi connectivity index (χ3v) is 3.35. The summed E-state index contributed by atoms with van der Waals surface area (Å²) in [5, 5.41) is 9.99. The summed E-state index contributed by atoms with van der Waals surface area (Å²) in [5.41, 5.74) is 0. The number of hydrogen-bond acceptors (Lipinski definition) is 3. The number of nitrogens with zero attached hydrogens (tertiary/aromatic N) is 2. The lowest BCUT2D eigenvalue weighted by molar-refractivity contribution is -0.129. The summed E-state index contributed by atoms with van der Waals surface area (Å²) < 4.78 is 0. The van der Waals surface area contributed by atoms with Crippen LogP contribution in [0.15, 0.2) is 0 Å². The summed E-state index contributed by atoms with van der Waals surface area (Å²) >= 11 is 0.